The van der Waals surface area contributed by atoms with Crippen molar-refractivity contribution in [1.29, 1.82) is 0 Å². The van der Waals surface area contributed by atoms with E-state index in [1.165, 1.54) is 10.8 Å². The Hall–Kier alpha value is -4.06. The van der Waals surface area contributed by atoms with E-state index in [0.29, 0.717) is 32.8 Å². The zero-order valence-electron chi connectivity index (χ0n) is 21.8. The van der Waals surface area contributed by atoms with Crippen LogP contribution in [-0.2, 0) is 9.59 Å². The van der Waals surface area contributed by atoms with Gasteiger partial charge in [-0.2, -0.15) is 0 Å². The van der Waals surface area contributed by atoms with Gasteiger partial charge < -0.3 is 19.0 Å². The molecule has 6 heteroatoms. The molecule has 0 unspecified atom stereocenters. The Morgan fingerprint density at radius 2 is 1.68 bits per heavy atom. The molecule has 0 bridgehead atoms. The molecule has 6 nitrogen and oxygen atoms in total. The molecule has 0 radical (unpaired) electrons. The molecule has 190 valence electrons. The summed E-state index contributed by atoms with van der Waals surface area (Å²) >= 11 is 0. The molecule has 0 saturated carbocycles. The first kappa shape index (κ1) is 24.6. The van der Waals surface area contributed by atoms with Crippen LogP contribution >= 0.6 is 0 Å². The van der Waals surface area contributed by atoms with Gasteiger partial charge in [0.05, 0.1) is 12.9 Å². The van der Waals surface area contributed by atoms with Crippen LogP contribution in [0.1, 0.15) is 31.9 Å². The molecule has 0 N–H and O–H groups in total. The number of carbonyl (C=O) groups is 2. The van der Waals surface area contributed by atoms with Gasteiger partial charge in [-0.15, -0.1) is 0 Å². The van der Waals surface area contributed by atoms with Crippen molar-refractivity contribution in [1.82, 2.24) is 9.80 Å². The number of rotatable bonds is 5. The molecule has 1 aromatic heterocycles. The van der Waals surface area contributed by atoms with Crippen LogP contribution in [0.4, 0.5) is 0 Å². The summed E-state index contributed by atoms with van der Waals surface area (Å²) < 4.78 is 12.1. The summed E-state index contributed by atoms with van der Waals surface area (Å²) in [6.45, 7) is 10.2. The first-order valence-corrected chi connectivity index (χ1v) is 12.8. The number of aryl methyl sites for hydroxylation is 1. The number of amides is 2. The summed E-state index contributed by atoms with van der Waals surface area (Å²) in [7, 11) is 0. The van der Waals surface area contributed by atoms with Crippen LogP contribution in [0, 0.1) is 6.92 Å². The van der Waals surface area contributed by atoms with Gasteiger partial charge in [0.25, 0.3) is 0 Å². The van der Waals surface area contributed by atoms with Crippen molar-refractivity contribution in [2.75, 3.05) is 32.8 Å². The number of ether oxygens (including phenoxy) is 1. The number of nitrogens with zero attached hydrogens (tertiary/aromatic N) is 2. The number of furan rings is 1. The van der Waals surface area contributed by atoms with Crippen molar-refractivity contribution >= 4 is 39.1 Å². The lowest BCUT2D eigenvalue weighted by Crippen LogP contribution is -2.49. The Labute approximate surface area is 217 Å². The molecule has 1 saturated heterocycles. The third-order valence-electron chi connectivity index (χ3n) is 7.19. The first-order valence-electron chi connectivity index (χ1n) is 12.8. The van der Waals surface area contributed by atoms with Crippen molar-refractivity contribution in [3.05, 3.63) is 72.0 Å². The summed E-state index contributed by atoms with van der Waals surface area (Å²) in [5.74, 6) is 0.728. The molecule has 0 atom stereocenters. The number of hydrogen-bond donors (Lipinski definition) is 0. The summed E-state index contributed by atoms with van der Waals surface area (Å²) in [4.78, 5) is 28.3. The number of benzene rings is 3. The van der Waals surface area contributed by atoms with Gasteiger partial charge in [0.2, 0.25) is 11.8 Å². The standard InChI is InChI=1S/C31H32N2O4/c1-5-36-30-21(3)31-27(28(19-37-31)25-11-10-23-8-6-7-9-24(23)17-25)18-26(30)20(2)16-29(35)33-14-12-32(13-15-33)22(4)34/h6-11,16-19H,5,12-15H2,1-4H3/b20-16+. The Kier molecular flexibility index (Phi) is 6.74. The molecular formula is C31H32N2O4. The van der Waals surface area contributed by atoms with Gasteiger partial charge in [0.15, 0.2) is 0 Å². The second-order valence-corrected chi connectivity index (χ2v) is 9.56. The first-order chi connectivity index (χ1) is 17.9. The van der Waals surface area contributed by atoms with Crippen LogP contribution in [0.3, 0.4) is 0 Å². The molecule has 2 heterocycles. The van der Waals surface area contributed by atoms with Crippen molar-refractivity contribution in [3.8, 4) is 16.9 Å². The molecule has 1 fully saturated rings. The van der Waals surface area contributed by atoms with E-state index in [4.69, 9.17) is 9.15 Å². The summed E-state index contributed by atoms with van der Waals surface area (Å²) in [5.41, 5.74) is 5.50. The van der Waals surface area contributed by atoms with Gasteiger partial charge in [0, 0.05) is 61.3 Å². The molecule has 1 aliphatic rings. The fourth-order valence-corrected chi connectivity index (χ4v) is 5.12. The number of hydrogen-bond acceptors (Lipinski definition) is 4. The number of piperazine rings is 1. The van der Waals surface area contributed by atoms with Gasteiger partial charge in [0.1, 0.15) is 11.3 Å². The van der Waals surface area contributed by atoms with E-state index >= 15 is 0 Å². The largest absolute Gasteiger partial charge is 0.493 e. The van der Waals surface area contributed by atoms with Crippen LogP contribution in [0.25, 0.3) is 38.4 Å². The zero-order valence-corrected chi connectivity index (χ0v) is 21.8. The molecule has 4 aromatic rings. The Bertz CT molecular complexity index is 1520. The minimum atomic E-state index is -0.0529. The Morgan fingerprint density at radius 1 is 0.973 bits per heavy atom. The minimum Gasteiger partial charge on any atom is -0.493 e. The third-order valence-corrected chi connectivity index (χ3v) is 7.19. The summed E-state index contributed by atoms with van der Waals surface area (Å²) in [6.07, 6.45) is 3.49. The number of fused-ring (bicyclic) bond motifs is 2. The molecule has 1 aliphatic heterocycles. The van der Waals surface area contributed by atoms with Gasteiger partial charge in [-0.3, -0.25) is 9.59 Å². The molecule has 5 rings (SSSR count). The number of allylic oxidation sites excluding steroid dienone is 1. The van der Waals surface area contributed by atoms with E-state index < -0.39 is 0 Å². The van der Waals surface area contributed by atoms with E-state index in [9.17, 15) is 9.59 Å². The third kappa shape index (κ3) is 4.71. The van der Waals surface area contributed by atoms with Crippen molar-refractivity contribution < 1.29 is 18.7 Å². The fourth-order valence-electron chi connectivity index (χ4n) is 5.12. The SMILES string of the molecule is CCOc1c(/C(C)=C/C(=O)N2CCN(C(C)=O)CC2)cc2c(-c3ccc4ccccc4c3)coc2c1C. The minimum absolute atomic E-state index is 0.0475. The average molecular weight is 497 g/mol. The van der Waals surface area contributed by atoms with E-state index in [2.05, 4.69) is 36.4 Å². The van der Waals surface area contributed by atoms with Crippen molar-refractivity contribution in [2.24, 2.45) is 0 Å². The highest BCUT2D eigenvalue weighted by atomic mass is 16.5. The maximum Gasteiger partial charge on any atom is 0.246 e. The fraction of sp³-hybridized carbons (Fsp3) is 0.290. The molecule has 37 heavy (non-hydrogen) atoms. The van der Waals surface area contributed by atoms with Crippen LogP contribution in [-0.4, -0.2) is 54.4 Å². The highest BCUT2D eigenvalue weighted by Gasteiger charge is 2.23. The predicted octanol–water partition coefficient (Wildman–Crippen LogP) is 6.05. The average Bonchev–Trinajstić information content (AvgIpc) is 3.34. The highest BCUT2D eigenvalue weighted by Crippen LogP contribution is 2.41. The van der Waals surface area contributed by atoms with Gasteiger partial charge in [-0.1, -0.05) is 36.4 Å². The van der Waals surface area contributed by atoms with Gasteiger partial charge in [-0.05, 0) is 54.8 Å². The highest BCUT2D eigenvalue weighted by molar-refractivity contribution is 6.02. The van der Waals surface area contributed by atoms with E-state index in [-0.39, 0.29) is 11.8 Å². The van der Waals surface area contributed by atoms with E-state index in [0.717, 1.165) is 44.5 Å². The zero-order chi connectivity index (χ0) is 26.1. The smallest absolute Gasteiger partial charge is 0.246 e. The van der Waals surface area contributed by atoms with Crippen molar-refractivity contribution in [2.45, 2.75) is 27.7 Å². The second kappa shape index (κ2) is 10.1. The van der Waals surface area contributed by atoms with Crippen LogP contribution in [0.15, 0.2) is 65.3 Å². The molecular weight excluding hydrogens is 464 g/mol. The second-order valence-electron chi connectivity index (χ2n) is 9.56. The van der Waals surface area contributed by atoms with Crippen LogP contribution in [0.2, 0.25) is 0 Å². The molecule has 0 spiro atoms. The summed E-state index contributed by atoms with van der Waals surface area (Å²) in [5, 5.41) is 3.35. The monoisotopic (exact) mass is 496 g/mol. The van der Waals surface area contributed by atoms with Gasteiger partial charge >= 0.3 is 0 Å². The maximum absolute atomic E-state index is 13.1. The Balaban J connectivity index is 1.54. The molecule has 0 aliphatic carbocycles. The number of carbonyl (C=O) groups excluding carboxylic acids is 2. The van der Waals surface area contributed by atoms with Crippen molar-refractivity contribution in [3.63, 3.8) is 0 Å². The lowest BCUT2D eigenvalue weighted by Gasteiger charge is -2.33. The van der Waals surface area contributed by atoms with Crippen LogP contribution in [0.5, 0.6) is 5.75 Å². The van der Waals surface area contributed by atoms with Gasteiger partial charge in [-0.25, -0.2) is 0 Å². The van der Waals surface area contributed by atoms with Crippen LogP contribution < -0.4 is 4.74 Å². The lowest BCUT2D eigenvalue weighted by molar-refractivity contribution is -0.135. The van der Waals surface area contributed by atoms with E-state index in [1.54, 1.807) is 29.1 Å². The van der Waals surface area contributed by atoms with E-state index in [1.807, 2.05) is 32.9 Å². The summed E-state index contributed by atoms with van der Waals surface area (Å²) in [6, 6.07) is 16.8. The predicted molar refractivity (Wildman–Crippen MR) is 148 cm³/mol. The topological polar surface area (TPSA) is 63.0 Å². The normalized spacial score (nSPS) is 14.4. The Morgan fingerprint density at radius 3 is 2.38 bits per heavy atom. The lowest BCUT2D eigenvalue weighted by atomic mass is 9.95. The quantitative estimate of drug-likeness (QED) is 0.315. The molecule has 2 amide bonds. The maximum atomic E-state index is 13.1. The molecule has 3 aromatic carbocycles.